The van der Waals surface area contributed by atoms with Crippen molar-refractivity contribution in [3.8, 4) is 0 Å². The van der Waals surface area contributed by atoms with Crippen molar-refractivity contribution in [3.05, 3.63) is 29.3 Å². The number of carbonyl (C=O) groups excluding carboxylic acids is 1. The van der Waals surface area contributed by atoms with Crippen LogP contribution >= 0.6 is 23.7 Å². The van der Waals surface area contributed by atoms with E-state index in [4.69, 9.17) is 4.74 Å². The number of halogens is 1. The van der Waals surface area contributed by atoms with Gasteiger partial charge in [-0.05, 0) is 12.1 Å². The number of hydrogen-bond donors (Lipinski definition) is 2. The molecule has 1 aromatic heterocycles. The molecule has 2 N–H and O–H groups in total. The van der Waals surface area contributed by atoms with Crippen LogP contribution in [0.3, 0.4) is 0 Å². The van der Waals surface area contributed by atoms with Crippen molar-refractivity contribution in [2.45, 2.75) is 6.54 Å². The van der Waals surface area contributed by atoms with Gasteiger partial charge in [0.15, 0.2) is 0 Å². The second-order valence-corrected chi connectivity index (χ2v) is 5.14. The number of thiazole rings is 1. The molecule has 0 bridgehead atoms. The van der Waals surface area contributed by atoms with Crippen LogP contribution in [0, 0.1) is 0 Å². The molecule has 7 heteroatoms. The maximum Gasteiger partial charge on any atom is 0.234 e. The van der Waals surface area contributed by atoms with E-state index in [1.165, 1.54) is 0 Å². The summed E-state index contributed by atoms with van der Waals surface area (Å²) in [7, 11) is 1.63. The van der Waals surface area contributed by atoms with Crippen LogP contribution in [0.5, 0.6) is 0 Å². The van der Waals surface area contributed by atoms with E-state index in [2.05, 4.69) is 15.6 Å². The third-order valence-corrected chi connectivity index (χ3v) is 3.58. The van der Waals surface area contributed by atoms with Crippen molar-refractivity contribution >= 4 is 39.9 Å². The summed E-state index contributed by atoms with van der Waals surface area (Å²) in [4.78, 5) is 16.0. The number of para-hydroxylation sites is 1. The standard InChI is InChI=1S/C13H17N3O2S.ClH/c1-18-7-6-14-8-12(17)15-9-13-16-10-4-2-3-5-11(10)19-13;/h2-5,14H,6-9H2,1H3,(H,15,17);1H. The summed E-state index contributed by atoms with van der Waals surface area (Å²) in [6, 6.07) is 7.96. The number of ether oxygens (including phenoxy) is 1. The van der Waals surface area contributed by atoms with Crippen molar-refractivity contribution in [1.29, 1.82) is 0 Å². The van der Waals surface area contributed by atoms with Crippen LogP contribution in [0.4, 0.5) is 0 Å². The van der Waals surface area contributed by atoms with Gasteiger partial charge in [-0.25, -0.2) is 4.98 Å². The van der Waals surface area contributed by atoms with Crippen molar-refractivity contribution in [3.63, 3.8) is 0 Å². The summed E-state index contributed by atoms with van der Waals surface area (Å²) in [5.41, 5.74) is 0.981. The SMILES string of the molecule is COCCNCC(=O)NCc1nc2ccccc2s1.Cl. The van der Waals surface area contributed by atoms with Gasteiger partial charge in [-0.2, -0.15) is 0 Å². The molecule has 5 nitrogen and oxygen atoms in total. The summed E-state index contributed by atoms with van der Waals surface area (Å²) < 4.78 is 6.03. The average Bonchev–Trinajstić information content (AvgIpc) is 2.84. The first-order valence-corrected chi connectivity index (χ1v) is 6.92. The number of amides is 1. The Labute approximate surface area is 128 Å². The molecule has 2 aromatic rings. The van der Waals surface area contributed by atoms with Gasteiger partial charge >= 0.3 is 0 Å². The van der Waals surface area contributed by atoms with E-state index in [0.29, 0.717) is 26.2 Å². The number of fused-ring (bicyclic) bond motifs is 1. The van der Waals surface area contributed by atoms with E-state index in [1.54, 1.807) is 18.4 Å². The van der Waals surface area contributed by atoms with Crippen molar-refractivity contribution in [2.75, 3.05) is 26.8 Å². The van der Waals surface area contributed by atoms with Crippen molar-refractivity contribution in [2.24, 2.45) is 0 Å². The fourth-order valence-corrected chi connectivity index (χ4v) is 2.52. The van der Waals surface area contributed by atoms with Gasteiger partial charge in [-0.15, -0.1) is 23.7 Å². The molecule has 1 amide bonds. The van der Waals surface area contributed by atoms with Crippen LogP contribution in [0.1, 0.15) is 5.01 Å². The number of hydrogen-bond acceptors (Lipinski definition) is 5. The molecular weight excluding hydrogens is 298 g/mol. The molecule has 0 saturated carbocycles. The van der Waals surface area contributed by atoms with Crippen LogP contribution in [0.2, 0.25) is 0 Å². The summed E-state index contributed by atoms with van der Waals surface area (Å²) in [5.74, 6) is -0.0321. The van der Waals surface area contributed by atoms with Crippen molar-refractivity contribution < 1.29 is 9.53 Å². The topological polar surface area (TPSA) is 63.2 Å². The average molecular weight is 316 g/mol. The van der Waals surface area contributed by atoms with E-state index >= 15 is 0 Å². The number of benzene rings is 1. The lowest BCUT2D eigenvalue weighted by atomic mass is 10.3. The highest BCUT2D eigenvalue weighted by atomic mass is 35.5. The Morgan fingerprint density at radius 1 is 1.40 bits per heavy atom. The highest BCUT2D eigenvalue weighted by Gasteiger charge is 2.05. The minimum Gasteiger partial charge on any atom is -0.383 e. The van der Waals surface area contributed by atoms with E-state index < -0.39 is 0 Å². The fraction of sp³-hybridized carbons (Fsp3) is 0.385. The molecule has 0 unspecified atom stereocenters. The molecule has 0 spiro atoms. The summed E-state index contributed by atoms with van der Waals surface area (Å²) in [6.45, 7) is 2.05. The summed E-state index contributed by atoms with van der Waals surface area (Å²) in [5, 5.41) is 6.76. The molecule has 0 atom stereocenters. The summed E-state index contributed by atoms with van der Waals surface area (Å²) in [6.07, 6.45) is 0. The molecule has 1 aromatic carbocycles. The van der Waals surface area contributed by atoms with Gasteiger partial charge in [-0.1, -0.05) is 12.1 Å². The van der Waals surface area contributed by atoms with Crippen LogP contribution < -0.4 is 10.6 Å². The number of aromatic nitrogens is 1. The molecule has 0 aliphatic heterocycles. The van der Waals surface area contributed by atoms with Gasteiger partial charge in [0.25, 0.3) is 0 Å². The van der Waals surface area contributed by atoms with Crippen LogP contribution in [-0.2, 0) is 16.1 Å². The minimum atomic E-state index is -0.0321. The quantitative estimate of drug-likeness (QED) is 0.761. The Bertz CT molecular complexity index is 514. The zero-order valence-electron chi connectivity index (χ0n) is 11.2. The molecule has 20 heavy (non-hydrogen) atoms. The number of nitrogens with zero attached hydrogens (tertiary/aromatic N) is 1. The highest BCUT2D eigenvalue weighted by Crippen LogP contribution is 2.21. The van der Waals surface area contributed by atoms with E-state index in [-0.39, 0.29) is 18.3 Å². The second-order valence-electron chi connectivity index (χ2n) is 4.02. The first-order chi connectivity index (χ1) is 9.29. The smallest absolute Gasteiger partial charge is 0.234 e. The predicted molar refractivity (Wildman–Crippen MR) is 83.5 cm³/mol. The summed E-state index contributed by atoms with van der Waals surface area (Å²) >= 11 is 1.60. The Morgan fingerprint density at radius 2 is 2.20 bits per heavy atom. The Balaban J connectivity index is 0.00000200. The van der Waals surface area contributed by atoms with Crippen molar-refractivity contribution in [1.82, 2.24) is 15.6 Å². The van der Waals surface area contributed by atoms with Crippen LogP contribution in [-0.4, -0.2) is 37.7 Å². The Morgan fingerprint density at radius 3 is 2.95 bits per heavy atom. The zero-order valence-corrected chi connectivity index (χ0v) is 12.9. The maximum absolute atomic E-state index is 11.6. The predicted octanol–water partition coefficient (Wildman–Crippen LogP) is 1.57. The third kappa shape index (κ3) is 5.05. The second kappa shape index (κ2) is 8.86. The lowest BCUT2D eigenvalue weighted by Gasteiger charge is -2.04. The van der Waals surface area contributed by atoms with E-state index in [0.717, 1.165) is 15.2 Å². The van der Waals surface area contributed by atoms with Gasteiger partial charge in [0.2, 0.25) is 5.91 Å². The number of rotatable bonds is 7. The van der Waals surface area contributed by atoms with Crippen LogP contribution in [0.25, 0.3) is 10.2 Å². The van der Waals surface area contributed by atoms with Gasteiger partial charge < -0.3 is 15.4 Å². The molecule has 0 radical (unpaired) electrons. The molecule has 1 heterocycles. The third-order valence-electron chi connectivity index (χ3n) is 2.54. The zero-order chi connectivity index (χ0) is 13.5. The number of nitrogens with one attached hydrogen (secondary N) is 2. The van der Waals surface area contributed by atoms with Gasteiger partial charge in [0.1, 0.15) is 5.01 Å². The Kier molecular flexibility index (Phi) is 7.46. The van der Waals surface area contributed by atoms with E-state index in [9.17, 15) is 4.79 Å². The molecule has 110 valence electrons. The monoisotopic (exact) mass is 315 g/mol. The normalized spacial score (nSPS) is 10.2. The van der Waals surface area contributed by atoms with Gasteiger partial charge in [0, 0.05) is 13.7 Å². The van der Waals surface area contributed by atoms with Gasteiger partial charge in [-0.3, -0.25) is 4.79 Å². The Hall–Kier alpha value is -1.21. The lowest BCUT2D eigenvalue weighted by molar-refractivity contribution is -0.120. The molecule has 0 fully saturated rings. The highest BCUT2D eigenvalue weighted by molar-refractivity contribution is 7.18. The molecule has 0 aliphatic rings. The lowest BCUT2D eigenvalue weighted by Crippen LogP contribution is -2.34. The molecular formula is C13H18ClN3O2S. The minimum absolute atomic E-state index is 0. The van der Waals surface area contributed by atoms with Crippen LogP contribution in [0.15, 0.2) is 24.3 Å². The molecule has 0 saturated heterocycles. The van der Waals surface area contributed by atoms with E-state index in [1.807, 2.05) is 24.3 Å². The number of methoxy groups -OCH3 is 1. The van der Waals surface area contributed by atoms with Gasteiger partial charge in [0.05, 0.1) is 29.9 Å². The first kappa shape index (κ1) is 16.8. The number of carbonyl (C=O) groups is 1. The first-order valence-electron chi connectivity index (χ1n) is 6.10. The molecule has 0 aliphatic carbocycles. The largest absolute Gasteiger partial charge is 0.383 e. The molecule has 2 rings (SSSR count). The maximum atomic E-state index is 11.6. The fourth-order valence-electron chi connectivity index (χ4n) is 1.61.